The van der Waals surface area contributed by atoms with E-state index in [2.05, 4.69) is 38.6 Å². The van der Waals surface area contributed by atoms with Gasteiger partial charge in [0, 0.05) is 25.1 Å². The normalized spacial score (nSPS) is 21.1. The van der Waals surface area contributed by atoms with Crippen molar-refractivity contribution >= 4 is 10.9 Å². The zero-order valence-corrected chi connectivity index (χ0v) is 15.9. The first kappa shape index (κ1) is 17.6. The van der Waals surface area contributed by atoms with E-state index in [0.29, 0.717) is 17.6 Å². The molecule has 0 bridgehead atoms. The Morgan fingerprint density at radius 1 is 1.11 bits per heavy atom. The van der Waals surface area contributed by atoms with Crippen LogP contribution in [0.1, 0.15) is 37.2 Å². The summed E-state index contributed by atoms with van der Waals surface area (Å²) in [5.74, 6) is 1.80. The van der Waals surface area contributed by atoms with Gasteiger partial charge >= 0.3 is 0 Å². The van der Waals surface area contributed by atoms with Crippen LogP contribution in [0.2, 0.25) is 0 Å². The van der Waals surface area contributed by atoms with Gasteiger partial charge < -0.3 is 14.8 Å². The van der Waals surface area contributed by atoms with E-state index in [-0.39, 0.29) is 6.10 Å². The third-order valence-corrected chi connectivity index (χ3v) is 5.64. The van der Waals surface area contributed by atoms with Crippen LogP contribution in [0.3, 0.4) is 0 Å². The third kappa shape index (κ3) is 3.59. The first-order valence-electron chi connectivity index (χ1n) is 10.1. The van der Waals surface area contributed by atoms with Crippen LogP contribution in [0.5, 0.6) is 5.88 Å². The molecule has 7 nitrogen and oxygen atoms in total. The highest BCUT2D eigenvalue weighted by molar-refractivity contribution is 5.80. The van der Waals surface area contributed by atoms with E-state index < -0.39 is 0 Å². The van der Waals surface area contributed by atoms with Gasteiger partial charge in [0.25, 0.3) is 0 Å². The molecule has 0 radical (unpaired) electrons. The smallest absolute Gasteiger partial charge is 0.234 e. The van der Waals surface area contributed by atoms with E-state index in [4.69, 9.17) is 9.47 Å². The molecule has 7 heteroatoms. The molecule has 1 aromatic carbocycles. The summed E-state index contributed by atoms with van der Waals surface area (Å²) in [5.41, 5.74) is 2.39. The van der Waals surface area contributed by atoms with E-state index in [1.165, 1.54) is 5.56 Å². The van der Waals surface area contributed by atoms with Crippen LogP contribution >= 0.6 is 0 Å². The van der Waals surface area contributed by atoms with Crippen molar-refractivity contribution in [3.63, 3.8) is 0 Å². The molecule has 0 amide bonds. The minimum atomic E-state index is 0.148. The van der Waals surface area contributed by atoms with Crippen molar-refractivity contribution in [3.8, 4) is 11.7 Å². The van der Waals surface area contributed by atoms with Gasteiger partial charge in [0.05, 0.1) is 24.1 Å². The quantitative estimate of drug-likeness (QED) is 0.751. The first-order chi connectivity index (χ1) is 13.9. The van der Waals surface area contributed by atoms with Gasteiger partial charge in [-0.3, -0.25) is 4.98 Å². The van der Waals surface area contributed by atoms with E-state index >= 15 is 0 Å². The lowest BCUT2D eigenvalue weighted by Gasteiger charge is -2.23. The fourth-order valence-corrected chi connectivity index (χ4v) is 4.11. The average Bonchev–Trinajstić information content (AvgIpc) is 3.19. The molecule has 0 aliphatic carbocycles. The Labute approximate surface area is 164 Å². The lowest BCUT2D eigenvalue weighted by Crippen LogP contribution is -2.37. The molecule has 3 aromatic rings. The maximum absolute atomic E-state index is 6.02. The van der Waals surface area contributed by atoms with Crippen LogP contribution in [0.15, 0.2) is 36.8 Å². The highest BCUT2D eigenvalue weighted by Crippen LogP contribution is 2.29. The van der Waals surface area contributed by atoms with E-state index in [0.717, 1.165) is 62.9 Å². The molecule has 2 aliphatic heterocycles. The zero-order chi connectivity index (χ0) is 18.8. The minimum Gasteiger partial charge on any atom is -0.472 e. The lowest BCUT2D eigenvalue weighted by molar-refractivity contribution is 0.0853. The number of hydrogen-bond acceptors (Lipinski definition) is 6. The Morgan fingerprint density at radius 3 is 2.89 bits per heavy atom. The molecule has 5 rings (SSSR count). The van der Waals surface area contributed by atoms with E-state index in [1.807, 2.05) is 10.9 Å². The number of rotatable bonds is 4. The van der Waals surface area contributed by atoms with Gasteiger partial charge in [-0.05, 0) is 55.8 Å². The lowest BCUT2D eigenvalue weighted by atomic mass is 9.91. The van der Waals surface area contributed by atoms with Crippen molar-refractivity contribution in [1.82, 2.24) is 25.1 Å². The highest BCUT2D eigenvalue weighted by Gasteiger charge is 2.18. The Bertz CT molecular complexity index is 945. The summed E-state index contributed by atoms with van der Waals surface area (Å²) >= 11 is 0. The Morgan fingerprint density at radius 2 is 2.04 bits per heavy atom. The summed E-state index contributed by atoms with van der Waals surface area (Å²) < 4.78 is 13.3. The highest BCUT2D eigenvalue weighted by atomic mass is 16.5. The molecule has 0 saturated carbocycles. The molecule has 0 spiro atoms. The van der Waals surface area contributed by atoms with E-state index in [1.54, 1.807) is 12.4 Å². The van der Waals surface area contributed by atoms with Crippen molar-refractivity contribution in [2.45, 2.75) is 37.7 Å². The van der Waals surface area contributed by atoms with Crippen molar-refractivity contribution < 1.29 is 9.47 Å². The molecule has 28 heavy (non-hydrogen) atoms. The summed E-state index contributed by atoms with van der Waals surface area (Å²) in [7, 11) is 0. The monoisotopic (exact) mass is 379 g/mol. The maximum Gasteiger partial charge on any atom is 0.234 e. The topological polar surface area (TPSA) is 74.1 Å². The molecule has 1 N–H and O–H groups in total. The van der Waals surface area contributed by atoms with Crippen molar-refractivity contribution in [2.75, 3.05) is 26.3 Å². The van der Waals surface area contributed by atoms with Crippen molar-refractivity contribution in [1.29, 1.82) is 0 Å². The second kappa shape index (κ2) is 7.85. The Hall–Kier alpha value is -2.51. The molecule has 0 unspecified atom stereocenters. The van der Waals surface area contributed by atoms with Crippen molar-refractivity contribution in [3.05, 3.63) is 42.4 Å². The van der Waals surface area contributed by atoms with Gasteiger partial charge in [-0.1, -0.05) is 6.07 Å². The number of hydrogen-bond donors (Lipinski definition) is 1. The zero-order valence-electron chi connectivity index (χ0n) is 15.9. The Kier molecular flexibility index (Phi) is 4.93. The number of piperidine rings is 1. The fraction of sp³-hybridized carbons (Fsp3) is 0.476. The second-order valence-corrected chi connectivity index (χ2v) is 7.56. The molecular formula is C21H25N5O2. The summed E-state index contributed by atoms with van der Waals surface area (Å²) in [6.07, 6.45) is 9.78. The standard InChI is InChI=1S/C21H25N5O2/c1-2-18(12-22-7-1)28-21-14-23-13-20(25-21)26-19-4-3-16(10-17(19)11-24-26)15-5-8-27-9-6-15/h3-4,10-11,13-15,18,22H,1-2,5-9,12H2/t18-/m1/s1. The minimum absolute atomic E-state index is 0.148. The molecular weight excluding hydrogens is 354 g/mol. The van der Waals surface area contributed by atoms with Crippen LogP contribution < -0.4 is 10.1 Å². The molecule has 2 saturated heterocycles. The number of fused-ring (bicyclic) bond motifs is 1. The molecule has 2 aliphatic rings. The van der Waals surface area contributed by atoms with Crippen LogP contribution in [0, 0.1) is 0 Å². The fourth-order valence-electron chi connectivity index (χ4n) is 4.11. The van der Waals surface area contributed by atoms with Gasteiger partial charge in [0.2, 0.25) is 5.88 Å². The number of ether oxygens (including phenoxy) is 2. The summed E-state index contributed by atoms with van der Waals surface area (Å²) in [4.78, 5) is 8.96. The van der Waals surface area contributed by atoms with Crippen molar-refractivity contribution in [2.24, 2.45) is 0 Å². The molecule has 2 fully saturated rings. The summed E-state index contributed by atoms with van der Waals surface area (Å²) in [6.45, 7) is 3.61. The van der Waals surface area contributed by atoms with Gasteiger partial charge in [-0.25, -0.2) is 4.68 Å². The van der Waals surface area contributed by atoms with Crippen LogP contribution in [0.4, 0.5) is 0 Å². The predicted octanol–water partition coefficient (Wildman–Crippen LogP) is 2.84. The second-order valence-electron chi connectivity index (χ2n) is 7.56. The molecule has 146 valence electrons. The summed E-state index contributed by atoms with van der Waals surface area (Å²) in [5, 5.41) is 9.04. The largest absolute Gasteiger partial charge is 0.472 e. The van der Waals surface area contributed by atoms with Crippen LogP contribution in [-0.4, -0.2) is 52.2 Å². The van der Waals surface area contributed by atoms with Gasteiger partial charge in [0.1, 0.15) is 6.10 Å². The predicted molar refractivity (Wildman–Crippen MR) is 106 cm³/mol. The molecule has 4 heterocycles. The molecule has 2 aromatic heterocycles. The average molecular weight is 379 g/mol. The Balaban J connectivity index is 1.40. The summed E-state index contributed by atoms with van der Waals surface area (Å²) in [6, 6.07) is 6.58. The SMILES string of the molecule is c1cc2c(cnn2-c2cncc(O[C@@H]3CCCNC3)n2)cc1C1CCOCC1. The van der Waals surface area contributed by atoms with Crippen LogP contribution in [-0.2, 0) is 4.74 Å². The van der Waals surface area contributed by atoms with Gasteiger partial charge in [-0.2, -0.15) is 10.1 Å². The molecule has 1 atom stereocenters. The maximum atomic E-state index is 6.02. The first-order valence-corrected chi connectivity index (χ1v) is 10.1. The van der Waals surface area contributed by atoms with Crippen LogP contribution in [0.25, 0.3) is 16.7 Å². The van der Waals surface area contributed by atoms with Gasteiger partial charge in [-0.15, -0.1) is 0 Å². The number of nitrogens with zero attached hydrogens (tertiary/aromatic N) is 4. The number of aromatic nitrogens is 4. The van der Waals surface area contributed by atoms with Gasteiger partial charge in [0.15, 0.2) is 5.82 Å². The number of benzene rings is 1. The third-order valence-electron chi connectivity index (χ3n) is 5.64. The number of nitrogens with one attached hydrogen (secondary N) is 1. The van der Waals surface area contributed by atoms with E-state index in [9.17, 15) is 0 Å².